The van der Waals surface area contributed by atoms with Crippen molar-refractivity contribution in [1.29, 1.82) is 0 Å². The first-order chi connectivity index (χ1) is 8.16. The first kappa shape index (κ1) is 12.0. The van der Waals surface area contributed by atoms with Gasteiger partial charge in [0.25, 0.3) is 0 Å². The number of nitrogens with zero attached hydrogens (tertiary/aromatic N) is 2. The van der Waals surface area contributed by atoms with Gasteiger partial charge >= 0.3 is 0 Å². The molecule has 0 saturated heterocycles. The van der Waals surface area contributed by atoms with Crippen LogP contribution in [0.4, 0.5) is 10.1 Å². The summed E-state index contributed by atoms with van der Waals surface area (Å²) in [5.41, 5.74) is 2.64. The molecule has 0 radical (unpaired) electrons. The molecule has 1 heterocycles. The molecule has 0 saturated carbocycles. The highest BCUT2D eigenvalue weighted by molar-refractivity contribution is 9.10. The van der Waals surface area contributed by atoms with E-state index in [0.717, 1.165) is 16.9 Å². The summed E-state index contributed by atoms with van der Waals surface area (Å²) < 4.78 is 13.7. The number of anilines is 1. The second-order valence-corrected chi connectivity index (χ2v) is 4.49. The Kier molecular flexibility index (Phi) is 3.68. The van der Waals surface area contributed by atoms with Gasteiger partial charge in [0.2, 0.25) is 0 Å². The van der Waals surface area contributed by atoms with E-state index in [0.29, 0.717) is 11.0 Å². The Morgan fingerprint density at radius 2 is 2.24 bits per heavy atom. The molecule has 88 valence electrons. The standard InChI is InChI=1S/C12H11BrFN3/c1-8-4-11(14)10(13)5-12(8)16-6-9-2-3-15-7-17-9/h2-5,7,16H,6H2,1H3. The molecule has 2 rings (SSSR count). The van der Waals surface area contributed by atoms with Crippen LogP contribution in [0.5, 0.6) is 0 Å². The SMILES string of the molecule is Cc1cc(F)c(Br)cc1NCc1ccncn1. The van der Waals surface area contributed by atoms with Crippen molar-refractivity contribution in [1.82, 2.24) is 9.97 Å². The minimum Gasteiger partial charge on any atom is -0.379 e. The van der Waals surface area contributed by atoms with Crippen LogP contribution in [0.15, 0.2) is 35.2 Å². The number of nitrogens with one attached hydrogen (secondary N) is 1. The molecule has 17 heavy (non-hydrogen) atoms. The normalized spacial score (nSPS) is 10.3. The third kappa shape index (κ3) is 3.00. The van der Waals surface area contributed by atoms with Crippen molar-refractivity contribution < 1.29 is 4.39 Å². The zero-order valence-corrected chi connectivity index (χ0v) is 10.8. The van der Waals surface area contributed by atoms with Gasteiger partial charge in [-0.1, -0.05) is 0 Å². The molecule has 0 spiro atoms. The van der Waals surface area contributed by atoms with E-state index in [2.05, 4.69) is 31.2 Å². The zero-order valence-electron chi connectivity index (χ0n) is 9.24. The maximum atomic E-state index is 13.2. The Bertz CT molecular complexity index is 517. The van der Waals surface area contributed by atoms with Crippen LogP contribution in [0.25, 0.3) is 0 Å². The van der Waals surface area contributed by atoms with E-state index < -0.39 is 0 Å². The largest absolute Gasteiger partial charge is 0.379 e. The first-order valence-electron chi connectivity index (χ1n) is 5.11. The van der Waals surface area contributed by atoms with Crippen molar-refractivity contribution in [3.05, 3.63) is 52.3 Å². The van der Waals surface area contributed by atoms with Crippen LogP contribution in [0.2, 0.25) is 0 Å². The third-order valence-corrected chi connectivity index (χ3v) is 2.98. The number of aromatic nitrogens is 2. The summed E-state index contributed by atoms with van der Waals surface area (Å²) in [6.45, 7) is 2.44. The van der Waals surface area contributed by atoms with Gasteiger partial charge in [0, 0.05) is 11.9 Å². The number of hydrogen-bond donors (Lipinski definition) is 1. The molecule has 0 atom stereocenters. The highest BCUT2D eigenvalue weighted by Gasteiger charge is 2.05. The minimum atomic E-state index is -0.255. The third-order valence-electron chi connectivity index (χ3n) is 2.37. The van der Waals surface area contributed by atoms with Crippen LogP contribution in [-0.4, -0.2) is 9.97 Å². The van der Waals surface area contributed by atoms with E-state index in [4.69, 9.17) is 0 Å². The Morgan fingerprint density at radius 3 is 2.94 bits per heavy atom. The molecular weight excluding hydrogens is 285 g/mol. The van der Waals surface area contributed by atoms with Crippen LogP contribution in [0, 0.1) is 12.7 Å². The topological polar surface area (TPSA) is 37.8 Å². The van der Waals surface area contributed by atoms with Crippen molar-refractivity contribution >= 4 is 21.6 Å². The number of hydrogen-bond acceptors (Lipinski definition) is 3. The molecule has 0 aliphatic rings. The molecule has 0 fully saturated rings. The summed E-state index contributed by atoms with van der Waals surface area (Å²) in [7, 11) is 0. The van der Waals surface area contributed by atoms with Crippen molar-refractivity contribution in [3.8, 4) is 0 Å². The van der Waals surface area contributed by atoms with Crippen molar-refractivity contribution in [3.63, 3.8) is 0 Å². The quantitative estimate of drug-likeness (QED) is 0.944. The zero-order chi connectivity index (χ0) is 12.3. The molecule has 0 aliphatic heterocycles. The molecular formula is C12H11BrFN3. The molecule has 0 bridgehead atoms. The monoisotopic (exact) mass is 295 g/mol. The van der Waals surface area contributed by atoms with Gasteiger partial charge in [0.1, 0.15) is 12.1 Å². The lowest BCUT2D eigenvalue weighted by molar-refractivity contribution is 0.620. The highest BCUT2D eigenvalue weighted by Crippen LogP contribution is 2.24. The van der Waals surface area contributed by atoms with Crippen LogP contribution < -0.4 is 5.32 Å². The van der Waals surface area contributed by atoms with Gasteiger partial charge in [-0.2, -0.15) is 0 Å². The Balaban J connectivity index is 2.12. The van der Waals surface area contributed by atoms with Crippen LogP contribution in [0.3, 0.4) is 0 Å². The van der Waals surface area contributed by atoms with Crippen LogP contribution in [0.1, 0.15) is 11.3 Å². The molecule has 1 aromatic carbocycles. The molecule has 5 heteroatoms. The van der Waals surface area contributed by atoms with E-state index >= 15 is 0 Å². The average Bonchev–Trinajstić information content (AvgIpc) is 2.33. The number of rotatable bonds is 3. The van der Waals surface area contributed by atoms with E-state index in [9.17, 15) is 4.39 Å². The van der Waals surface area contributed by atoms with E-state index in [1.54, 1.807) is 12.3 Å². The first-order valence-corrected chi connectivity index (χ1v) is 5.90. The molecule has 1 N–H and O–H groups in total. The van der Waals surface area contributed by atoms with Gasteiger partial charge in [0.05, 0.1) is 16.7 Å². The van der Waals surface area contributed by atoms with Crippen molar-refractivity contribution in [2.45, 2.75) is 13.5 Å². The van der Waals surface area contributed by atoms with Gasteiger partial charge in [-0.3, -0.25) is 0 Å². The van der Waals surface area contributed by atoms with Gasteiger partial charge in [0.15, 0.2) is 0 Å². The summed E-state index contributed by atoms with van der Waals surface area (Å²) in [5, 5.41) is 3.21. The van der Waals surface area contributed by atoms with Gasteiger partial charge in [-0.05, 0) is 46.6 Å². The van der Waals surface area contributed by atoms with Crippen LogP contribution >= 0.6 is 15.9 Å². The summed E-state index contributed by atoms with van der Waals surface area (Å²) >= 11 is 3.17. The van der Waals surface area contributed by atoms with E-state index in [1.807, 2.05) is 13.0 Å². The Hall–Kier alpha value is -1.49. The molecule has 2 aromatic rings. The van der Waals surface area contributed by atoms with Crippen LogP contribution in [-0.2, 0) is 6.54 Å². The van der Waals surface area contributed by atoms with Crippen molar-refractivity contribution in [2.24, 2.45) is 0 Å². The predicted octanol–water partition coefficient (Wildman–Crippen LogP) is 3.30. The summed E-state index contributed by atoms with van der Waals surface area (Å²) in [6.07, 6.45) is 3.20. The fourth-order valence-corrected chi connectivity index (χ4v) is 1.79. The fourth-order valence-electron chi connectivity index (χ4n) is 1.45. The molecule has 0 unspecified atom stereocenters. The van der Waals surface area contributed by atoms with E-state index in [-0.39, 0.29) is 5.82 Å². The summed E-state index contributed by atoms with van der Waals surface area (Å²) in [6, 6.07) is 5.05. The van der Waals surface area contributed by atoms with Gasteiger partial charge < -0.3 is 5.32 Å². The number of aryl methyl sites for hydroxylation is 1. The lowest BCUT2D eigenvalue weighted by atomic mass is 10.2. The van der Waals surface area contributed by atoms with Gasteiger partial charge in [-0.25, -0.2) is 14.4 Å². The number of benzene rings is 1. The molecule has 1 aromatic heterocycles. The fraction of sp³-hybridized carbons (Fsp3) is 0.167. The summed E-state index contributed by atoms with van der Waals surface area (Å²) in [4.78, 5) is 7.95. The molecule has 0 aliphatic carbocycles. The second kappa shape index (κ2) is 5.23. The van der Waals surface area contributed by atoms with Crippen molar-refractivity contribution in [2.75, 3.05) is 5.32 Å². The Labute approximate surface area is 107 Å². The Morgan fingerprint density at radius 1 is 1.41 bits per heavy atom. The lowest BCUT2D eigenvalue weighted by Gasteiger charge is -2.10. The maximum Gasteiger partial charge on any atom is 0.137 e. The summed E-state index contributed by atoms with van der Waals surface area (Å²) in [5.74, 6) is -0.255. The average molecular weight is 296 g/mol. The smallest absolute Gasteiger partial charge is 0.137 e. The lowest BCUT2D eigenvalue weighted by Crippen LogP contribution is -2.03. The van der Waals surface area contributed by atoms with E-state index in [1.165, 1.54) is 12.4 Å². The highest BCUT2D eigenvalue weighted by atomic mass is 79.9. The molecule has 0 amide bonds. The predicted molar refractivity (Wildman–Crippen MR) is 68.2 cm³/mol. The maximum absolute atomic E-state index is 13.2. The number of halogens is 2. The second-order valence-electron chi connectivity index (χ2n) is 3.64. The molecule has 3 nitrogen and oxygen atoms in total. The minimum absolute atomic E-state index is 0.255. The van der Waals surface area contributed by atoms with Gasteiger partial charge in [-0.15, -0.1) is 0 Å².